The van der Waals surface area contributed by atoms with E-state index in [4.69, 9.17) is 0 Å². The lowest BCUT2D eigenvalue weighted by molar-refractivity contribution is 0.789. The molecule has 0 nitrogen and oxygen atoms in total. The molecule has 18 heavy (non-hydrogen) atoms. The molecule has 0 aliphatic heterocycles. The highest BCUT2D eigenvalue weighted by molar-refractivity contribution is 7.23. The highest BCUT2D eigenvalue weighted by atomic mass is 31.0. The molecule has 0 spiro atoms. The van der Waals surface area contributed by atoms with Crippen LogP contribution < -0.4 is 0 Å². The average molecular weight is 260 g/mol. The summed E-state index contributed by atoms with van der Waals surface area (Å²) in [6, 6.07) is 6.89. The Morgan fingerprint density at radius 3 is 2.50 bits per heavy atom. The molecule has 0 fully saturated rings. The summed E-state index contributed by atoms with van der Waals surface area (Å²) in [6.07, 6.45) is 8.84. The minimum Gasteiger partial charge on any atom is -0.109 e. The fraction of sp³-hybridized carbons (Fsp3) is 0.529. The number of benzene rings is 1. The molecule has 98 valence electrons. The van der Waals surface area contributed by atoms with Crippen LogP contribution in [0.1, 0.15) is 62.6 Å². The molecular weight excluding hydrogens is 235 g/mol. The Morgan fingerprint density at radius 1 is 1.06 bits per heavy atom. The van der Waals surface area contributed by atoms with E-state index in [1.165, 1.54) is 43.8 Å². The minimum atomic E-state index is 1.15. The maximum absolute atomic E-state index is 2.98. The number of fused-ring (bicyclic) bond motifs is 1. The maximum Gasteiger partial charge on any atom is -0.00175 e. The van der Waals surface area contributed by atoms with Crippen molar-refractivity contribution >= 4 is 14.8 Å². The van der Waals surface area contributed by atoms with Gasteiger partial charge in [-0.05, 0) is 59.7 Å². The predicted octanol–water partition coefficient (Wildman–Crippen LogP) is 5.36. The van der Waals surface area contributed by atoms with Gasteiger partial charge in [-0.2, -0.15) is 0 Å². The van der Waals surface area contributed by atoms with Crippen LogP contribution >= 0.6 is 9.24 Å². The first-order valence-corrected chi connectivity index (χ1v) is 7.94. The Morgan fingerprint density at radius 2 is 1.78 bits per heavy atom. The number of allylic oxidation sites excluding steroid dienone is 2. The molecule has 0 saturated carbocycles. The molecule has 0 radical (unpaired) electrons. The summed E-state index contributed by atoms with van der Waals surface area (Å²) in [6.45, 7) is 4.56. The van der Waals surface area contributed by atoms with Gasteiger partial charge in [0.25, 0.3) is 0 Å². The number of rotatable bonds is 6. The summed E-state index contributed by atoms with van der Waals surface area (Å²) in [5.41, 5.74) is 6.37. The zero-order valence-corrected chi connectivity index (χ0v) is 12.9. The third kappa shape index (κ3) is 2.86. The van der Waals surface area contributed by atoms with Crippen LogP contribution in [0, 0.1) is 0 Å². The van der Waals surface area contributed by atoms with E-state index in [-0.39, 0.29) is 0 Å². The van der Waals surface area contributed by atoms with Crippen LogP contribution in [-0.4, -0.2) is 0 Å². The fourth-order valence-electron chi connectivity index (χ4n) is 2.88. The van der Waals surface area contributed by atoms with Crippen molar-refractivity contribution in [3.05, 3.63) is 40.2 Å². The first kappa shape index (κ1) is 13.8. The topological polar surface area (TPSA) is 0 Å². The summed E-state index contributed by atoms with van der Waals surface area (Å²) in [5, 5.41) is 1.53. The fourth-order valence-corrected chi connectivity index (χ4v) is 3.38. The molecule has 0 aromatic heterocycles. The van der Waals surface area contributed by atoms with Crippen LogP contribution in [0.3, 0.4) is 0 Å². The molecule has 1 atom stereocenters. The lowest BCUT2D eigenvalue weighted by atomic mass is 9.93. The van der Waals surface area contributed by atoms with Gasteiger partial charge in [-0.15, -0.1) is 9.24 Å². The number of aryl methyl sites for hydroxylation is 1. The maximum atomic E-state index is 2.98. The van der Waals surface area contributed by atoms with Gasteiger partial charge in [0.2, 0.25) is 0 Å². The summed E-state index contributed by atoms with van der Waals surface area (Å²) < 4.78 is 0. The summed E-state index contributed by atoms with van der Waals surface area (Å²) >= 11 is 0. The van der Waals surface area contributed by atoms with Crippen molar-refractivity contribution in [2.75, 3.05) is 0 Å². The molecule has 0 heterocycles. The van der Waals surface area contributed by atoms with Crippen molar-refractivity contribution < 1.29 is 0 Å². The molecular formula is C17H25P. The van der Waals surface area contributed by atoms with Gasteiger partial charge >= 0.3 is 0 Å². The summed E-state index contributed by atoms with van der Waals surface area (Å²) in [7, 11) is 2.98. The van der Waals surface area contributed by atoms with Gasteiger partial charge in [-0.3, -0.25) is 0 Å². The second kappa shape index (κ2) is 6.53. The van der Waals surface area contributed by atoms with Gasteiger partial charge in [-0.25, -0.2) is 0 Å². The zero-order valence-electron chi connectivity index (χ0n) is 11.8. The predicted molar refractivity (Wildman–Crippen MR) is 84.9 cm³/mol. The molecule has 1 aromatic carbocycles. The van der Waals surface area contributed by atoms with Crippen LogP contribution in [0.4, 0.5) is 0 Å². The van der Waals surface area contributed by atoms with Crippen LogP contribution in [0.15, 0.2) is 23.5 Å². The van der Waals surface area contributed by atoms with Gasteiger partial charge in [-0.1, -0.05) is 44.9 Å². The quantitative estimate of drug-likeness (QED) is 0.604. The average Bonchev–Trinajstić information content (AvgIpc) is 2.70. The lowest BCUT2D eigenvalue weighted by Crippen LogP contribution is -1.95. The second-order valence-corrected chi connectivity index (χ2v) is 6.04. The molecule has 0 bridgehead atoms. The Bertz CT molecular complexity index is 443. The van der Waals surface area contributed by atoms with E-state index >= 15 is 0 Å². The van der Waals surface area contributed by atoms with Crippen molar-refractivity contribution in [3.8, 4) is 0 Å². The second-order valence-electron chi connectivity index (χ2n) is 5.34. The molecule has 0 saturated heterocycles. The summed E-state index contributed by atoms with van der Waals surface area (Å²) in [5.74, 6) is 0. The van der Waals surface area contributed by atoms with Gasteiger partial charge < -0.3 is 0 Å². The molecule has 0 amide bonds. The smallest absolute Gasteiger partial charge is 0.00175 e. The molecule has 1 aliphatic rings. The minimum absolute atomic E-state index is 1.15. The SMILES string of the molecule is CCCCC1=C(P)Cc2cccc(CCCC)c21. The monoisotopic (exact) mass is 260 g/mol. The van der Waals surface area contributed by atoms with Gasteiger partial charge in [0, 0.05) is 0 Å². The standard InChI is InChI=1S/C17H25P/c1-3-5-8-13-9-7-10-14-12-16(18)15(17(13)14)11-6-4-2/h7,9-10H,3-6,8,11-12,18H2,1-2H3. The zero-order chi connectivity index (χ0) is 13.0. The van der Waals surface area contributed by atoms with Crippen LogP contribution in [0.5, 0.6) is 0 Å². The van der Waals surface area contributed by atoms with E-state index in [0.717, 1.165) is 6.42 Å². The van der Waals surface area contributed by atoms with E-state index in [2.05, 4.69) is 41.3 Å². The van der Waals surface area contributed by atoms with Crippen LogP contribution in [-0.2, 0) is 12.8 Å². The third-order valence-electron chi connectivity index (χ3n) is 3.89. The van der Waals surface area contributed by atoms with Crippen LogP contribution in [0.2, 0.25) is 0 Å². The number of unbranched alkanes of at least 4 members (excludes halogenated alkanes) is 2. The molecule has 1 aliphatic carbocycles. The van der Waals surface area contributed by atoms with E-state index in [0.29, 0.717) is 0 Å². The van der Waals surface area contributed by atoms with Crippen molar-refractivity contribution in [2.45, 2.75) is 58.8 Å². The Labute approximate surface area is 114 Å². The van der Waals surface area contributed by atoms with Crippen molar-refractivity contribution in [3.63, 3.8) is 0 Å². The normalized spacial score (nSPS) is 14.2. The van der Waals surface area contributed by atoms with E-state index in [1.807, 2.05) is 0 Å². The third-order valence-corrected chi connectivity index (χ3v) is 4.44. The summed E-state index contributed by atoms with van der Waals surface area (Å²) in [4.78, 5) is 0. The Hall–Kier alpha value is -0.610. The lowest BCUT2D eigenvalue weighted by Gasteiger charge is -2.12. The van der Waals surface area contributed by atoms with Gasteiger partial charge in [0.15, 0.2) is 0 Å². The molecule has 0 N–H and O–H groups in total. The first-order valence-electron chi connectivity index (χ1n) is 7.36. The van der Waals surface area contributed by atoms with Crippen molar-refractivity contribution in [2.24, 2.45) is 0 Å². The Balaban J connectivity index is 2.29. The van der Waals surface area contributed by atoms with Crippen molar-refractivity contribution in [1.29, 1.82) is 0 Å². The number of hydrogen-bond acceptors (Lipinski definition) is 0. The first-order chi connectivity index (χ1) is 8.77. The highest BCUT2D eigenvalue weighted by Gasteiger charge is 2.20. The molecule has 1 unspecified atom stereocenters. The van der Waals surface area contributed by atoms with Gasteiger partial charge in [0.05, 0.1) is 0 Å². The number of hydrogen-bond donors (Lipinski definition) is 0. The van der Waals surface area contributed by atoms with Gasteiger partial charge in [0.1, 0.15) is 0 Å². The Kier molecular flexibility index (Phi) is 5.01. The van der Waals surface area contributed by atoms with E-state index in [1.54, 1.807) is 22.3 Å². The highest BCUT2D eigenvalue weighted by Crippen LogP contribution is 2.41. The molecule has 1 aromatic rings. The molecule has 1 heteroatoms. The van der Waals surface area contributed by atoms with E-state index < -0.39 is 0 Å². The van der Waals surface area contributed by atoms with E-state index in [9.17, 15) is 0 Å². The van der Waals surface area contributed by atoms with Crippen LogP contribution in [0.25, 0.3) is 5.57 Å². The largest absolute Gasteiger partial charge is 0.109 e. The van der Waals surface area contributed by atoms with Crippen molar-refractivity contribution in [1.82, 2.24) is 0 Å². The molecule has 2 rings (SSSR count).